The van der Waals surface area contributed by atoms with Crippen molar-refractivity contribution in [1.29, 1.82) is 0 Å². The normalized spacial score (nSPS) is 20.3. The molecule has 1 aromatic carbocycles. The molecule has 0 spiro atoms. The number of ether oxygens (including phenoxy) is 1. The summed E-state index contributed by atoms with van der Waals surface area (Å²) in [6, 6.07) is 8.67. The van der Waals surface area contributed by atoms with Crippen molar-refractivity contribution in [2.45, 2.75) is 37.8 Å². The molecule has 178 valence electrons. The highest BCUT2D eigenvalue weighted by Gasteiger charge is 2.34. The van der Waals surface area contributed by atoms with Crippen LogP contribution < -0.4 is 0 Å². The summed E-state index contributed by atoms with van der Waals surface area (Å²) in [5, 5.41) is 8.90. The summed E-state index contributed by atoms with van der Waals surface area (Å²) >= 11 is 0. The fourth-order valence-electron chi connectivity index (χ4n) is 5.12. The minimum Gasteiger partial charge on any atom is -0.448 e. The second-order valence-corrected chi connectivity index (χ2v) is 9.27. The van der Waals surface area contributed by atoms with Gasteiger partial charge in [-0.25, -0.2) is 14.8 Å². The van der Waals surface area contributed by atoms with Crippen molar-refractivity contribution >= 4 is 6.09 Å². The van der Waals surface area contributed by atoms with Crippen molar-refractivity contribution in [3.05, 3.63) is 61.4 Å². The molecule has 4 heterocycles. The predicted molar refractivity (Wildman–Crippen MR) is 130 cm³/mol. The average Bonchev–Trinajstić information content (AvgIpc) is 3.66. The Labute approximate surface area is 203 Å². The number of carbonyl (C=O) groups excluding carboxylic acids is 1. The number of cyclic esters (lactones) is 1. The van der Waals surface area contributed by atoms with Gasteiger partial charge in [0.1, 0.15) is 6.61 Å². The van der Waals surface area contributed by atoms with E-state index in [1.807, 2.05) is 59.7 Å². The molecule has 2 fully saturated rings. The number of nitrogens with zero attached hydrogens (tertiary/aromatic N) is 7. The zero-order chi connectivity index (χ0) is 23.8. The zero-order valence-electron chi connectivity index (χ0n) is 19.6. The molecule has 2 unspecified atom stereocenters. The maximum atomic E-state index is 12.0. The van der Waals surface area contributed by atoms with E-state index < -0.39 is 0 Å². The first-order valence-corrected chi connectivity index (χ1v) is 12.0. The van der Waals surface area contributed by atoms with Crippen molar-refractivity contribution in [3.63, 3.8) is 0 Å². The zero-order valence-corrected chi connectivity index (χ0v) is 19.6. The topological polar surface area (TPSA) is 91.0 Å². The number of rotatable bonds is 5. The molecule has 1 aliphatic heterocycles. The van der Waals surface area contributed by atoms with Gasteiger partial charge in [0.15, 0.2) is 5.82 Å². The van der Waals surface area contributed by atoms with E-state index in [4.69, 9.17) is 4.74 Å². The molecule has 6 rings (SSSR count). The highest BCUT2D eigenvalue weighted by atomic mass is 16.6. The Balaban J connectivity index is 1.17. The molecule has 0 N–H and O–H groups in total. The molecule has 1 amide bonds. The van der Waals surface area contributed by atoms with Crippen LogP contribution >= 0.6 is 0 Å². The van der Waals surface area contributed by atoms with Gasteiger partial charge in [0.05, 0.1) is 25.0 Å². The molecular weight excluding hydrogens is 442 g/mol. The Morgan fingerprint density at radius 3 is 2.43 bits per heavy atom. The Morgan fingerprint density at radius 1 is 0.886 bits per heavy atom. The maximum absolute atomic E-state index is 12.0. The third-order valence-electron chi connectivity index (χ3n) is 6.97. The third-order valence-corrected chi connectivity index (χ3v) is 6.97. The molecule has 35 heavy (non-hydrogen) atoms. The first-order chi connectivity index (χ1) is 17.1. The molecule has 1 saturated heterocycles. The van der Waals surface area contributed by atoms with E-state index in [-0.39, 0.29) is 18.2 Å². The minimum atomic E-state index is -0.181. The van der Waals surface area contributed by atoms with Gasteiger partial charge >= 0.3 is 6.09 Å². The van der Waals surface area contributed by atoms with Gasteiger partial charge in [0.2, 0.25) is 0 Å². The van der Waals surface area contributed by atoms with Crippen LogP contribution in [0.4, 0.5) is 4.79 Å². The lowest BCUT2D eigenvalue weighted by atomic mass is 9.90. The van der Waals surface area contributed by atoms with Gasteiger partial charge in [-0.15, -0.1) is 0 Å². The molecule has 0 bridgehead atoms. The highest BCUT2D eigenvalue weighted by Crippen LogP contribution is 2.33. The summed E-state index contributed by atoms with van der Waals surface area (Å²) in [5.74, 6) is 0.680. The Bertz CT molecular complexity index is 1340. The van der Waals surface area contributed by atoms with E-state index in [1.54, 1.807) is 4.68 Å². The average molecular weight is 470 g/mol. The van der Waals surface area contributed by atoms with Crippen LogP contribution in [-0.4, -0.2) is 59.7 Å². The van der Waals surface area contributed by atoms with Crippen molar-refractivity contribution in [1.82, 2.24) is 34.4 Å². The lowest BCUT2D eigenvalue weighted by Gasteiger charge is -2.33. The number of hydrogen-bond donors (Lipinski definition) is 0. The monoisotopic (exact) mass is 469 g/mol. The van der Waals surface area contributed by atoms with Gasteiger partial charge in [0, 0.05) is 60.1 Å². The summed E-state index contributed by atoms with van der Waals surface area (Å²) < 4.78 is 8.97. The van der Waals surface area contributed by atoms with E-state index >= 15 is 0 Å². The van der Waals surface area contributed by atoms with Gasteiger partial charge in [-0.2, -0.15) is 10.2 Å². The first kappa shape index (κ1) is 21.5. The van der Waals surface area contributed by atoms with Crippen molar-refractivity contribution in [2.24, 2.45) is 7.05 Å². The van der Waals surface area contributed by atoms with Crippen LogP contribution in [0.25, 0.3) is 33.6 Å². The largest absolute Gasteiger partial charge is 0.448 e. The molecule has 1 saturated carbocycles. The van der Waals surface area contributed by atoms with Crippen LogP contribution in [0.2, 0.25) is 0 Å². The second-order valence-electron chi connectivity index (χ2n) is 9.27. The quantitative estimate of drug-likeness (QED) is 0.432. The van der Waals surface area contributed by atoms with Crippen molar-refractivity contribution in [3.8, 4) is 33.6 Å². The van der Waals surface area contributed by atoms with Gasteiger partial charge in [-0.05, 0) is 37.3 Å². The molecule has 9 heteroatoms. The third kappa shape index (κ3) is 4.29. The van der Waals surface area contributed by atoms with Crippen molar-refractivity contribution in [2.75, 3.05) is 13.2 Å². The van der Waals surface area contributed by atoms with Crippen LogP contribution in [0.5, 0.6) is 0 Å². The summed E-state index contributed by atoms with van der Waals surface area (Å²) in [7, 11) is 1.91. The predicted octanol–water partition coefficient (Wildman–Crippen LogP) is 4.34. The number of hydrogen-bond acceptors (Lipinski definition) is 6. The molecule has 4 aromatic rings. The van der Waals surface area contributed by atoms with Gasteiger partial charge < -0.3 is 9.64 Å². The smallest absolute Gasteiger partial charge is 0.410 e. The van der Waals surface area contributed by atoms with E-state index in [0.29, 0.717) is 19.0 Å². The fraction of sp³-hybridized carbons (Fsp3) is 0.346. The molecule has 3 aromatic heterocycles. The van der Waals surface area contributed by atoms with Gasteiger partial charge in [-0.3, -0.25) is 9.36 Å². The van der Waals surface area contributed by atoms with E-state index in [9.17, 15) is 4.79 Å². The molecular formula is C26H27N7O2. The fourth-order valence-corrected chi connectivity index (χ4v) is 5.12. The SMILES string of the molecule is Cn1cc(-c2cccc(-c3ncc(-c4cnn(C5CCCC(N6CCOC6=O)C5)c4)cn3)c2)cn1. The summed E-state index contributed by atoms with van der Waals surface area (Å²) in [5.41, 5.74) is 5.02. The summed E-state index contributed by atoms with van der Waals surface area (Å²) in [4.78, 5) is 23.1. The summed E-state index contributed by atoms with van der Waals surface area (Å²) in [6.07, 6.45) is 15.4. The summed E-state index contributed by atoms with van der Waals surface area (Å²) in [6.45, 7) is 1.19. The van der Waals surface area contributed by atoms with Gasteiger partial charge in [0.25, 0.3) is 0 Å². The Hall–Kier alpha value is -4.01. The number of aromatic nitrogens is 6. The van der Waals surface area contributed by atoms with E-state index in [2.05, 4.69) is 38.5 Å². The lowest BCUT2D eigenvalue weighted by Crippen LogP contribution is -2.39. The number of carbonyl (C=O) groups is 1. The standard InChI is InChI=1S/C26H27N7O2/c1-31-16-21(14-29-31)18-4-2-5-19(10-18)25-27-12-20(13-28-25)22-15-30-33(17-22)24-7-3-6-23(11-24)32-8-9-35-26(32)34/h2,4-5,10,12-17,23-24H,3,6-9,11H2,1H3. The number of benzene rings is 1. The van der Waals surface area contributed by atoms with E-state index in [1.165, 1.54) is 0 Å². The number of aryl methyl sites for hydroxylation is 1. The molecule has 0 radical (unpaired) electrons. The maximum Gasteiger partial charge on any atom is 0.410 e. The Kier molecular flexibility index (Phi) is 5.52. The van der Waals surface area contributed by atoms with Crippen LogP contribution in [0.15, 0.2) is 61.4 Å². The highest BCUT2D eigenvalue weighted by molar-refractivity contribution is 5.70. The van der Waals surface area contributed by atoms with Crippen LogP contribution in [0.3, 0.4) is 0 Å². The lowest BCUT2D eigenvalue weighted by molar-refractivity contribution is 0.129. The number of amides is 1. The minimum absolute atomic E-state index is 0.181. The van der Waals surface area contributed by atoms with E-state index in [0.717, 1.165) is 53.5 Å². The molecule has 2 atom stereocenters. The Morgan fingerprint density at radius 2 is 1.66 bits per heavy atom. The van der Waals surface area contributed by atoms with Crippen LogP contribution in [0, 0.1) is 0 Å². The van der Waals surface area contributed by atoms with Crippen LogP contribution in [-0.2, 0) is 11.8 Å². The second kappa shape index (κ2) is 8.98. The molecule has 2 aliphatic rings. The molecule has 9 nitrogen and oxygen atoms in total. The van der Waals surface area contributed by atoms with Crippen molar-refractivity contribution < 1.29 is 9.53 Å². The molecule has 1 aliphatic carbocycles. The first-order valence-electron chi connectivity index (χ1n) is 12.0. The van der Waals surface area contributed by atoms with Crippen LogP contribution in [0.1, 0.15) is 31.7 Å². The van der Waals surface area contributed by atoms with Gasteiger partial charge in [-0.1, -0.05) is 18.2 Å².